The Bertz CT molecular complexity index is 1510. The first-order valence-corrected chi connectivity index (χ1v) is 19.0. The van der Waals surface area contributed by atoms with Crippen LogP contribution in [0.3, 0.4) is 0 Å². The van der Waals surface area contributed by atoms with Gasteiger partial charge >= 0.3 is 0 Å². The zero-order chi connectivity index (χ0) is 38.6. The molecule has 0 aliphatic carbocycles. The van der Waals surface area contributed by atoms with Gasteiger partial charge in [-0.3, -0.25) is 24.0 Å². The molecule has 0 saturated carbocycles. The molecule has 12 nitrogen and oxygen atoms in total. The molecule has 0 heterocycles. The van der Waals surface area contributed by atoms with Gasteiger partial charge in [0, 0.05) is 5.75 Å². The van der Waals surface area contributed by atoms with Crippen LogP contribution in [0.1, 0.15) is 55.2 Å². The second-order valence-corrected chi connectivity index (χ2v) is 13.8. The first kappa shape index (κ1) is 43.3. The summed E-state index contributed by atoms with van der Waals surface area (Å²) in [6.45, 7) is 0.284. The van der Waals surface area contributed by atoms with E-state index in [1.807, 2.05) is 91.0 Å². The summed E-state index contributed by atoms with van der Waals surface area (Å²) in [5.41, 5.74) is 12.5. The van der Waals surface area contributed by atoms with E-state index in [9.17, 15) is 24.0 Å². The van der Waals surface area contributed by atoms with Crippen LogP contribution in [0.25, 0.3) is 0 Å². The lowest BCUT2D eigenvalue weighted by Gasteiger charge is -2.38. The molecule has 0 radical (unpaired) electrons. The van der Waals surface area contributed by atoms with Gasteiger partial charge in [0.05, 0.1) is 6.54 Å². The lowest BCUT2D eigenvalue weighted by atomic mass is 9.77. The second-order valence-electron chi connectivity index (χ2n) is 12.3. The largest absolute Gasteiger partial charge is 0.345 e. The van der Waals surface area contributed by atoms with Gasteiger partial charge in [-0.15, -0.1) is 0 Å². The summed E-state index contributed by atoms with van der Waals surface area (Å²) in [6.07, 6.45) is 2.68. The minimum absolute atomic E-state index is 0.0412. The van der Waals surface area contributed by atoms with Crippen LogP contribution >= 0.6 is 35.8 Å². The standard InChI is InChI=1S/C38H49Cl2N7O5S/c39-33(40)37(52)46-30(21-11-13-23-42)35(50)45-29(20-10-12-22-41)34(49)43-24-32(48)44-31(25-53)36(51)47-38(26-14-4-1-5-15-26,27-16-6-2-7-17-27)28-18-8-3-9-19-28/h1-9,14-19,29-31,33,53H,10-13,20-25,41-42H2,(H,43,49)(H,44,48)(H,45,50)(H,46,52)(H,47,51)/t29?,30-,31+/m0/s1. The van der Waals surface area contributed by atoms with Gasteiger partial charge in [0.15, 0.2) is 4.84 Å². The summed E-state index contributed by atoms with van der Waals surface area (Å²) in [5.74, 6) is -3.19. The maximum Gasteiger partial charge on any atom is 0.253 e. The fourth-order valence-corrected chi connectivity index (χ4v) is 6.20. The van der Waals surface area contributed by atoms with Crippen LogP contribution in [0.15, 0.2) is 91.0 Å². The second kappa shape index (κ2) is 22.8. The predicted octanol–water partition coefficient (Wildman–Crippen LogP) is 2.66. The molecule has 5 amide bonds. The normalized spacial score (nSPS) is 12.9. The molecule has 9 N–H and O–H groups in total. The minimum Gasteiger partial charge on any atom is -0.345 e. The SMILES string of the molecule is NCCCCC(NC(=O)[C@H](CCCCN)NC(=O)C(Cl)Cl)C(=O)NCC(=O)N[C@H](CS)C(=O)NC(c1ccccc1)(c1ccccc1)c1ccccc1. The molecule has 0 saturated heterocycles. The van der Waals surface area contributed by atoms with Crippen LogP contribution in [0.2, 0.25) is 0 Å². The molecule has 0 spiro atoms. The Hall–Kier alpha value is -4.14. The number of carbonyl (C=O) groups is 5. The molecule has 3 rings (SSSR count). The number of rotatable bonds is 22. The highest BCUT2D eigenvalue weighted by molar-refractivity contribution is 7.80. The van der Waals surface area contributed by atoms with Crippen molar-refractivity contribution < 1.29 is 24.0 Å². The highest BCUT2D eigenvalue weighted by Gasteiger charge is 2.39. The van der Waals surface area contributed by atoms with Crippen LogP contribution in [0.5, 0.6) is 0 Å². The van der Waals surface area contributed by atoms with Gasteiger partial charge < -0.3 is 38.1 Å². The van der Waals surface area contributed by atoms with Gasteiger partial charge in [-0.1, -0.05) is 114 Å². The summed E-state index contributed by atoms with van der Waals surface area (Å²) >= 11 is 15.8. The topological polar surface area (TPSA) is 198 Å². The van der Waals surface area contributed by atoms with Crippen molar-refractivity contribution in [2.24, 2.45) is 11.5 Å². The average Bonchev–Trinajstić information content (AvgIpc) is 3.18. The maximum absolute atomic E-state index is 14.1. The Labute approximate surface area is 326 Å². The van der Waals surface area contributed by atoms with Crippen molar-refractivity contribution in [1.29, 1.82) is 0 Å². The first-order valence-electron chi connectivity index (χ1n) is 17.5. The van der Waals surface area contributed by atoms with E-state index in [-0.39, 0.29) is 18.6 Å². The number of amides is 5. The third-order valence-corrected chi connectivity index (χ3v) is 9.31. The molecule has 1 unspecified atom stereocenters. The Balaban J connectivity index is 1.76. The molecule has 3 atom stereocenters. The number of halogens is 2. The predicted molar refractivity (Wildman–Crippen MR) is 211 cm³/mol. The van der Waals surface area contributed by atoms with Crippen LogP contribution in [-0.4, -0.2) is 77.9 Å². The van der Waals surface area contributed by atoms with Crippen LogP contribution < -0.4 is 38.1 Å². The lowest BCUT2D eigenvalue weighted by molar-refractivity contribution is -0.133. The number of alkyl halides is 2. The molecule has 0 fully saturated rings. The number of nitrogens with two attached hydrogens (primary N) is 2. The van der Waals surface area contributed by atoms with E-state index in [0.29, 0.717) is 38.8 Å². The molecule has 53 heavy (non-hydrogen) atoms. The van der Waals surface area contributed by atoms with Crippen LogP contribution in [0.4, 0.5) is 0 Å². The van der Waals surface area contributed by atoms with Crippen molar-refractivity contribution in [1.82, 2.24) is 26.6 Å². The number of thiol groups is 1. The van der Waals surface area contributed by atoms with Gasteiger partial charge in [0.1, 0.15) is 23.7 Å². The van der Waals surface area contributed by atoms with Gasteiger partial charge in [-0.2, -0.15) is 12.6 Å². The van der Waals surface area contributed by atoms with Crippen molar-refractivity contribution in [3.63, 3.8) is 0 Å². The summed E-state index contributed by atoms with van der Waals surface area (Å²) in [7, 11) is 0. The van der Waals surface area contributed by atoms with Crippen molar-refractivity contribution in [3.8, 4) is 0 Å². The van der Waals surface area contributed by atoms with Crippen molar-refractivity contribution >= 4 is 65.4 Å². The smallest absolute Gasteiger partial charge is 0.253 e. The number of unbranched alkanes of at least 4 members (excludes halogenated alkanes) is 2. The lowest BCUT2D eigenvalue weighted by Crippen LogP contribution is -2.57. The summed E-state index contributed by atoms with van der Waals surface area (Å²) in [6, 6.07) is 25.4. The highest BCUT2D eigenvalue weighted by atomic mass is 35.5. The third kappa shape index (κ3) is 13.0. The van der Waals surface area contributed by atoms with Crippen molar-refractivity contribution in [2.75, 3.05) is 25.4 Å². The van der Waals surface area contributed by atoms with Gasteiger partial charge in [0.2, 0.25) is 23.6 Å². The van der Waals surface area contributed by atoms with E-state index in [1.165, 1.54) is 0 Å². The van der Waals surface area contributed by atoms with E-state index < -0.39 is 64.6 Å². The van der Waals surface area contributed by atoms with E-state index in [0.717, 1.165) is 16.7 Å². The molecule has 0 aliphatic heterocycles. The summed E-state index contributed by atoms with van der Waals surface area (Å²) in [4.78, 5) is 64.7. The molecule has 15 heteroatoms. The van der Waals surface area contributed by atoms with Gasteiger partial charge in [-0.05, 0) is 68.3 Å². The van der Waals surface area contributed by atoms with E-state index in [4.69, 9.17) is 34.7 Å². The van der Waals surface area contributed by atoms with Gasteiger partial charge in [-0.25, -0.2) is 0 Å². The first-order chi connectivity index (χ1) is 25.6. The number of hydrogen-bond donors (Lipinski definition) is 8. The van der Waals surface area contributed by atoms with E-state index in [1.54, 1.807) is 0 Å². The van der Waals surface area contributed by atoms with E-state index >= 15 is 0 Å². The van der Waals surface area contributed by atoms with Crippen LogP contribution in [-0.2, 0) is 29.5 Å². The molecule has 286 valence electrons. The molecule has 3 aromatic rings. The van der Waals surface area contributed by atoms with Gasteiger partial charge in [0.25, 0.3) is 5.91 Å². The number of carbonyl (C=O) groups excluding carboxylic acids is 5. The zero-order valence-corrected chi connectivity index (χ0v) is 31.8. The Morgan fingerprint density at radius 1 is 0.585 bits per heavy atom. The summed E-state index contributed by atoms with van der Waals surface area (Å²) in [5, 5.41) is 13.6. The van der Waals surface area contributed by atoms with Crippen LogP contribution in [0, 0.1) is 0 Å². The monoisotopic (exact) mass is 785 g/mol. The third-order valence-electron chi connectivity index (χ3n) is 8.55. The van der Waals surface area contributed by atoms with Crippen molar-refractivity contribution in [3.05, 3.63) is 108 Å². The summed E-state index contributed by atoms with van der Waals surface area (Å²) < 4.78 is 0. The fraction of sp³-hybridized carbons (Fsp3) is 0.395. The average molecular weight is 787 g/mol. The molecular formula is C38H49Cl2N7O5S. The Kier molecular flexibility index (Phi) is 18.6. The highest BCUT2D eigenvalue weighted by Crippen LogP contribution is 2.36. The Morgan fingerprint density at radius 2 is 1.02 bits per heavy atom. The molecule has 0 aromatic heterocycles. The number of benzene rings is 3. The number of nitrogens with one attached hydrogen (secondary N) is 5. The van der Waals surface area contributed by atoms with E-state index in [2.05, 4.69) is 39.2 Å². The Morgan fingerprint density at radius 3 is 1.43 bits per heavy atom. The quantitative estimate of drug-likeness (QED) is 0.0332. The van der Waals surface area contributed by atoms with Crippen molar-refractivity contribution in [2.45, 2.75) is 67.0 Å². The molecular weight excluding hydrogens is 737 g/mol. The molecule has 0 bridgehead atoms. The fourth-order valence-electron chi connectivity index (χ4n) is 5.81. The number of hydrogen-bond acceptors (Lipinski definition) is 8. The molecule has 3 aromatic carbocycles. The zero-order valence-electron chi connectivity index (χ0n) is 29.4. The molecule has 0 aliphatic rings. The minimum atomic E-state index is -1.39. The maximum atomic E-state index is 14.1.